The predicted octanol–water partition coefficient (Wildman–Crippen LogP) is 5.02. The van der Waals surface area contributed by atoms with E-state index >= 15 is 0 Å². The molecule has 29 heavy (non-hydrogen) atoms. The first-order valence-electron chi connectivity index (χ1n) is 9.90. The number of methoxy groups -OCH3 is 1. The Morgan fingerprint density at radius 2 is 1.97 bits per heavy atom. The van der Waals surface area contributed by atoms with Crippen molar-refractivity contribution in [3.63, 3.8) is 0 Å². The third-order valence-corrected chi connectivity index (χ3v) is 5.96. The number of nitrogens with zero attached hydrogens (tertiary/aromatic N) is 1. The smallest absolute Gasteiger partial charge is 0.338 e. The zero-order chi connectivity index (χ0) is 20.7. The van der Waals surface area contributed by atoms with E-state index in [0.29, 0.717) is 35.4 Å². The molecule has 1 unspecified atom stereocenters. The largest absolute Gasteiger partial charge is 0.465 e. The summed E-state index contributed by atoms with van der Waals surface area (Å²) in [7, 11) is 1.34. The second-order valence-electron chi connectivity index (χ2n) is 8.06. The lowest BCUT2D eigenvalue weighted by Gasteiger charge is -2.26. The summed E-state index contributed by atoms with van der Waals surface area (Å²) in [6.07, 6.45) is 1.22. The predicted molar refractivity (Wildman–Crippen MR) is 110 cm³/mol. The minimum absolute atomic E-state index is 0.0595. The molecule has 5 heteroatoms. The lowest BCUT2D eigenvalue weighted by atomic mass is 9.79. The van der Waals surface area contributed by atoms with E-state index in [4.69, 9.17) is 4.74 Å². The van der Waals surface area contributed by atoms with Gasteiger partial charge in [-0.1, -0.05) is 32.0 Å². The van der Waals surface area contributed by atoms with E-state index in [1.54, 1.807) is 18.2 Å². The molecule has 0 amide bonds. The zero-order valence-corrected chi connectivity index (χ0v) is 16.9. The molecule has 1 aromatic heterocycles. The van der Waals surface area contributed by atoms with Crippen LogP contribution in [0.3, 0.4) is 0 Å². The van der Waals surface area contributed by atoms with Crippen LogP contribution in [0.2, 0.25) is 0 Å². The molecule has 2 aromatic carbocycles. The van der Waals surface area contributed by atoms with Gasteiger partial charge in [0.1, 0.15) is 5.82 Å². The Labute approximate surface area is 169 Å². The number of carbonyl (C=O) groups excluding carboxylic acids is 2. The minimum atomic E-state index is -0.458. The number of hydrogen-bond donors (Lipinski definition) is 0. The van der Waals surface area contributed by atoms with Crippen LogP contribution in [0.1, 0.15) is 52.2 Å². The normalized spacial score (nSPS) is 16.3. The molecule has 0 radical (unpaired) electrons. The molecule has 0 aliphatic heterocycles. The molecule has 1 aliphatic rings. The number of carbonyl (C=O) groups is 2. The van der Waals surface area contributed by atoms with E-state index < -0.39 is 5.97 Å². The summed E-state index contributed by atoms with van der Waals surface area (Å²) in [6.45, 7) is 4.69. The van der Waals surface area contributed by atoms with E-state index in [1.807, 2.05) is 12.1 Å². The van der Waals surface area contributed by atoms with Gasteiger partial charge in [0.15, 0.2) is 5.78 Å². The third-order valence-electron chi connectivity index (χ3n) is 5.96. The summed E-state index contributed by atoms with van der Waals surface area (Å²) >= 11 is 0. The number of aromatic nitrogens is 1. The molecule has 0 saturated carbocycles. The van der Waals surface area contributed by atoms with Gasteiger partial charge in [0.05, 0.1) is 18.2 Å². The van der Waals surface area contributed by atoms with E-state index in [0.717, 1.165) is 23.2 Å². The number of hydrogen-bond acceptors (Lipinski definition) is 3. The SMILES string of the molecule is COC(=O)c1cccc2c1c1c(n2Cc2cccc(F)c2)CC(C(C)C)CC1=O. The Balaban J connectivity index is 1.98. The Kier molecular flexibility index (Phi) is 4.99. The van der Waals surface area contributed by atoms with Crippen LogP contribution in [0.5, 0.6) is 0 Å². The Bertz CT molecular complexity index is 1110. The number of ether oxygens (including phenoxy) is 1. The topological polar surface area (TPSA) is 48.3 Å². The molecular formula is C24H24FNO3. The quantitative estimate of drug-likeness (QED) is 0.585. The number of fused-ring (bicyclic) bond motifs is 3. The molecular weight excluding hydrogens is 369 g/mol. The lowest BCUT2D eigenvalue weighted by molar-refractivity contribution is 0.0603. The van der Waals surface area contributed by atoms with Crippen molar-refractivity contribution in [2.75, 3.05) is 7.11 Å². The van der Waals surface area contributed by atoms with Crippen LogP contribution in [0.25, 0.3) is 10.9 Å². The highest BCUT2D eigenvalue weighted by atomic mass is 19.1. The van der Waals surface area contributed by atoms with Crippen LogP contribution >= 0.6 is 0 Å². The first kappa shape index (κ1) is 19.4. The van der Waals surface area contributed by atoms with E-state index in [1.165, 1.54) is 19.2 Å². The van der Waals surface area contributed by atoms with Crippen molar-refractivity contribution in [2.24, 2.45) is 11.8 Å². The molecule has 150 valence electrons. The monoisotopic (exact) mass is 393 g/mol. The van der Waals surface area contributed by atoms with Crippen molar-refractivity contribution in [3.8, 4) is 0 Å². The Morgan fingerprint density at radius 3 is 2.66 bits per heavy atom. The van der Waals surface area contributed by atoms with Crippen molar-refractivity contribution in [3.05, 3.63) is 70.7 Å². The summed E-state index contributed by atoms with van der Waals surface area (Å²) < 4.78 is 20.8. The van der Waals surface area contributed by atoms with Gasteiger partial charge in [0.25, 0.3) is 0 Å². The molecule has 4 rings (SSSR count). The molecule has 3 aromatic rings. The van der Waals surface area contributed by atoms with Crippen LogP contribution < -0.4 is 0 Å². The van der Waals surface area contributed by atoms with Crippen molar-refractivity contribution in [2.45, 2.75) is 33.2 Å². The average molecular weight is 393 g/mol. The van der Waals surface area contributed by atoms with Crippen LogP contribution in [0.15, 0.2) is 42.5 Å². The molecule has 1 atom stereocenters. The van der Waals surface area contributed by atoms with Gasteiger partial charge in [-0.2, -0.15) is 0 Å². The molecule has 4 nitrogen and oxygen atoms in total. The van der Waals surface area contributed by atoms with Gasteiger partial charge < -0.3 is 9.30 Å². The number of ketones is 1. The van der Waals surface area contributed by atoms with Gasteiger partial charge in [0, 0.05) is 29.6 Å². The molecule has 1 heterocycles. The van der Waals surface area contributed by atoms with E-state index in [-0.39, 0.29) is 17.5 Å². The summed E-state index contributed by atoms with van der Waals surface area (Å²) in [5.41, 5.74) is 3.56. The van der Waals surface area contributed by atoms with Crippen molar-refractivity contribution in [1.29, 1.82) is 0 Å². The number of esters is 1. The van der Waals surface area contributed by atoms with Gasteiger partial charge in [-0.05, 0) is 48.1 Å². The number of halogens is 1. The van der Waals surface area contributed by atoms with Gasteiger partial charge in [-0.3, -0.25) is 4.79 Å². The first-order chi connectivity index (χ1) is 13.9. The maximum Gasteiger partial charge on any atom is 0.338 e. The van der Waals surface area contributed by atoms with Crippen LogP contribution in [0.4, 0.5) is 4.39 Å². The molecule has 0 fully saturated rings. The third kappa shape index (κ3) is 3.35. The van der Waals surface area contributed by atoms with Crippen molar-refractivity contribution >= 4 is 22.7 Å². The van der Waals surface area contributed by atoms with Crippen LogP contribution in [-0.2, 0) is 17.7 Å². The fourth-order valence-corrected chi connectivity index (χ4v) is 4.38. The maximum absolute atomic E-state index is 13.8. The molecule has 0 spiro atoms. The van der Waals surface area contributed by atoms with Gasteiger partial charge in [0.2, 0.25) is 0 Å². The lowest BCUT2D eigenvalue weighted by Crippen LogP contribution is -2.25. The standard InChI is InChI=1S/C24H24FNO3/c1-14(2)16-11-20-23(21(27)12-16)22-18(24(28)29-3)8-5-9-19(22)26(20)13-15-6-4-7-17(25)10-15/h4-10,14,16H,11-13H2,1-3H3. The van der Waals surface area contributed by atoms with Crippen LogP contribution in [0, 0.1) is 17.7 Å². The Morgan fingerprint density at radius 1 is 1.21 bits per heavy atom. The van der Waals surface area contributed by atoms with Crippen molar-refractivity contribution in [1.82, 2.24) is 4.57 Å². The molecule has 0 bridgehead atoms. The summed E-state index contributed by atoms with van der Waals surface area (Å²) in [4.78, 5) is 25.6. The fraction of sp³-hybridized carbons (Fsp3) is 0.333. The highest BCUT2D eigenvalue weighted by molar-refractivity contribution is 6.16. The van der Waals surface area contributed by atoms with Gasteiger partial charge in [-0.25, -0.2) is 9.18 Å². The number of rotatable bonds is 4. The number of benzene rings is 2. The zero-order valence-electron chi connectivity index (χ0n) is 16.9. The summed E-state index contributed by atoms with van der Waals surface area (Å²) in [5, 5.41) is 0.651. The highest BCUT2D eigenvalue weighted by Crippen LogP contribution is 2.38. The second kappa shape index (κ2) is 7.47. The number of Topliss-reactive ketones (excluding diaryl/α,β-unsaturated/α-hetero) is 1. The molecule has 0 saturated heterocycles. The Hall–Kier alpha value is -2.95. The first-order valence-corrected chi connectivity index (χ1v) is 9.90. The highest BCUT2D eigenvalue weighted by Gasteiger charge is 2.34. The van der Waals surface area contributed by atoms with Crippen molar-refractivity contribution < 1.29 is 18.7 Å². The van der Waals surface area contributed by atoms with Gasteiger partial charge in [-0.15, -0.1) is 0 Å². The van der Waals surface area contributed by atoms with Crippen LogP contribution in [-0.4, -0.2) is 23.4 Å². The molecule has 0 N–H and O–H groups in total. The van der Waals surface area contributed by atoms with E-state index in [2.05, 4.69) is 18.4 Å². The summed E-state index contributed by atoms with van der Waals surface area (Å²) in [6, 6.07) is 11.9. The van der Waals surface area contributed by atoms with E-state index in [9.17, 15) is 14.0 Å². The summed E-state index contributed by atoms with van der Waals surface area (Å²) in [5.74, 6) is -0.0800. The second-order valence-corrected chi connectivity index (χ2v) is 8.06. The fourth-order valence-electron chi connectivity index (χ4n) is 4.38. The average Bonchev–Trinajstić information content (AvgIpc) is 3.01. The molecule has 1 aliphatic carbocycles. The maximum atomic E-state index is 13.8. The van der Waals surface area contributed by atoms with Gasteiger partial charge >= 0.3 is 5.97 Å². The minimum Gasteiger partial charge on any atom is -0.465 e.